The molecular formula is C24H21N5O2. The van der Waals surface area contributed by atoms with E-state index in [-0.39, 0.29) is 11.4 Å². The van der Waals surface area contributed by atoms with E-state index in [0.29, 0.717) is 22.8 Å². The average Bonchev–Trinajstić information content (AvgIpc) is 2.80. The van der Waals surface area contributed by atoms with Gasteiger partial charge in [-0.1, -0.05) is 24.3 Å². The minimum Gasteiger partial charge on any atom is -0.481 e. The van der Waals surface area contributed by atoms with Gasteiger partial charge in [-0.05, 0) is 48.4 Å². The Hall–Kier alpha value is -4.26. The summed E-state index contributed by atoms with van der Waals surface area (Å²) in [7, 11) is 1.53. The van der Waals surface area contributed by atoms with E-state index >= 15 is 0 Å². The molecule has 4 aromatic rings. The molecule has 31 heavy (non-hydrogen) atoms. The number of aromatic nitrogens is 3. The van der Waals surface area contributed by atoms with Crippen LogP contribution in [0.15, 0.2) is 73.2 Å². The van der Waals surface area contributed by atoms with Crippen molar-refractivity contribution in [3.8, 4) is 28.3 Å². The van der Waals surface area contributed by atoms with Gasteiger partial charge in [-0.2, -0.15) is 0 Å². The standard InChI is InChI=1S/C24H21N5O2/c1-15-6-3-4-7-16(15)17-11-13-26-14-21(17)29-23(30)22-19(25)9-10-20(28-22)18-8-5-12-27-24(18)31-2/h3-14H,25H2,1-2H3,(H,29,30). The van der Waals surface area contributed by atoms with Crippen LogP contribution < -0.4 is 15.8 Å². The fourth-order valence-electron chi connectivity index (χ4n) is 3.34. The van der Waals surface area contributed by atoms with Crippen LogP contribution in [-0.4, -0.2) is 28.0 Å². The lowest BCUT2D eigenvalue weighted by atomic mass is 10.0. The van der Waals surface area contributed by atoms with Gasteiger partial charge >= 0.3 is 0 Å². The Morgan fingerprint density at radius 2 is 1.77 bits per heavy atom. The Morgan fingerprint density at radius 3 is 2.58 bits per heavy atom. The molecule has 0 aliphatic carbocycles. The third kappa shape index (κ3) is 4.06. The minimum absolute atomic E-state index is 0.114. The van der Waals surface area contributed by atoms with Gasteiger partial charge in [0, 0.05) is 18.0 Å². The van der Waals surface area contributed by atoms with Gasteiger partial charge in [0.05, 0.1) is 35.9 Å². The minimum atomic E-state index is -0.426. The zero-order valence-corrected chi connectivity index (χ0v) is 17.2. The van der Waals surface area contributed by atoms with Crippen molar-refractivity contribution in [2.45, 2.75) is 6.92 Å². The smallest absolute Gasteiger partial charge is 0.276 e. The van der Waals surface area contributed by atoms with Gasteiger partial charge in [-0.25, -0.2) is 9.97 Å². The predicted octanol–water partition coefficient (Wildman–Crippen LogP) is 4.36. The van der Waals surface area contributed by atoms with Gasteiger partial charge in [-0.3, -0.25) is 9.78 Å². The quantitative estimate of drug-likeness (QED) is 0.506. The SMILES string of the molecule is COc1ncccc1-c1ccc(N)c(C(=O)Nc2cnccc2-c2ccccc2C)n1. The number of nitrogen functional groups attached to an aromatic ring is 1. The molecule has 0 bridgehead atoms. The van der Waals surface area contributed by atoms with Crippen molar-refractivity contribution in [3.05, 3.63) is 84.4 Å². The van der Waals surface area contributed by atoms with E-state index in [1.165, 1.54) is 7.11 Å². The lowest BCUT2D eigenvalue weighted by Gasteiger charge is -2.14. The lowest BCUT2D eigenvalue weighted by molar-refractivity contribution is 0.102. The number of pyridine rings is 3. The Balaban J connectivity index is 1.70. The van der Waals surface area contributed by atoms with E-state index in [1.54, 1.807) is 36.8 Å². The van der Waals surface area contributed by atoms with Crippen molar-refractivity contribution in [3.63, 3.8) is 0 Å². The van der Waals surface area contributed by atoms with Crippen molar-refractivity contribution in [1.82, 2.24) is 15.0 Å². The maximum atomic E-state index is 13.1. The molecule has 0 saturated heterocycles. The van der Waals surface area contributed by atoms with Crippen molar-refractivity contribution in [2.75, 3.05) is 18.2 Å². The molecule has 3 aromatic heterocycles. The molecule has 1 aromatic carbocycles. The van der Waals surface area contributed by atoms with E-state index in [2.05, 4.69) is 20.3 Å². The van der Waals surface area contributed by atoms with E-state index < -0.39 is 5.91 Å². The van der Waals surface area contributed by atoms with Crippen molar-refractivity contribution >= 4 is 17.3 Å². The Kier molecular flexibility index (Phi) is 5.57. The van der Waals surface area contributed by atoms with Crippen LogP contribution >= 0.6 is 0 Å². The van der Waals surface area contributed by atoms with Crippen molar-refractivity contribution < 1.29 is 9.53 Å². The number of hydrogen-bond acceptors (Lipinski definition) is 6. The average molecular weight is 411 g/mol. The summed E-state index contributed by atoms with van der Waals surface area (Å²) < 4.78 is 5.31. The predicted molar refractivity (Wildman–Crippen MR) is 121 cm³/mol. The number of rotatable bonds is 5. The molecule has 0 saturated carbocycles. The maximum Gasteiger partial charge on any atom is 0.276 e. The first-order chi connectivity index (χ1) is 15.1. The number of ether oxygens (including phenoxy) is 1. The van der Waals surface area contributed by atoms with Crippen LogP contribution in [0.4, 0.5) is 11.4 Å². The number of anilines is 2. The first-order valence-electron chi connectivity index (χ1n) is 9.65. The third-order valence-electron chi connectivity index (χ3n) is 4.89. The monoisotopic (exact) mass is 411 g/mol. The molecule has 4 rings (SSSR count). The zero-order chi connectivity index (χ0) is 21.8. The number of benzene rings is 1. The first-order valence-corrected chi connectivity index (χ1v) is 9.65. The molecule has 7 heteroatoms. The number of nitrogens with two attached hydrogens (primary N) is 1. The molecule has 0 atom stereocenters. The van der Waals surface area contributed by atoms with Crippen LogP contribution in [0, 0.1) is 6.92 Å². The maximum absolute atomic E-state index is 13.1. The number of carbonyl (C=O) groups excluding carboxylic acids is 1. The third-order valence-corrected chi connectivity index (χ3v) is 4.89. The molecule has 3 N–H and O–H groups in total. The topological polar surface area (TPSA) is 103 Å². The Bertz CT molecular complexity index is 1260. The van der Waals surface area contributed by atoms with Gasteiger partial charge in [0.25, 0.3) is 5.91 Å². The van der Waals surface area contributed by atoms with Crippen molar-refractivity contribution in [1.29, 1.82) is 0 Å². The Morgan fingerprint density at radius 1 is 0.968 bits per heavy atom. The molecule has 0 fully saturated rings. The summed E-state index contributed by atoms with van der Waals surface area (Å²) in [4.78, 5) is 26.0. The van der Waals surface area contributed by atoms with Gasteiger partial charge in [0.15, 0.2) is 5.69 Å². The highest BCUT2D eigenvalue weighted by Gasteiger charge is 2.18. The lowest BCUT2D eigenvalue weighted by Crippen LogP contribution is -2.17. The fourth-order valence-corrected chi connectivity index (χ4v) is 3.34. The molecule has 7 nitrogen and oxygen atoms in total. The number of nitrogens with zero attached hydrogens (tertiary/aromatic N) is 3. The molecular weight excluding hydrogens is 390 g/mol. The van der Waals surface area contributed by atoms with Crippen LogP contribution in [0.1, 0.15) is 16.1 Å². The second-order valence-electron chi connectivity index (χ2n) is 6.88. The highest BCUT2D eigenvalue weighted by molar-refractivity contribution is 6.08. The number of methoxy groups -OCH3 is 1. The van der Waals surface area contributed by atoms with E-state index in [1.807, 2.05) is 43.3 Å². The fraction of sp³-hybridized carbons (Fsp3) is 0.0833. The van der Waals surface area contributed by atoms with Crippen LogP contribution in [0.2, 0.25) is 0 Å². The molecule has 154 valence electrons. The van der Waals surface area contributed by atoms with Crippen molar-refractivity contribution in [2.24, 2.45) is 0 Å². The number of aryl methyl sites for hydroxylation is 1. The molecule has 0 radical (unpaired) electrons. The van der Waals surface area contributed by atoms with Gasteiger partial charge in [-0.15, -0.1) is 0 Å². The number of hydrogen-bond donors (Lipinski definition) is 2. The second-order valence-corrected chi connectivity index (χ2v) is 6.88. The molecule has 0 spiro atoms. The normalized spacial score (nSPS) is 10.5. The summed E-state index contributed by atoms with van der Waals surface area (Å²) in [5.74, 6) is -0.00901. The number of carbonyl (C=O) groups is 1. The Labute approximate surface area is 180 Å². The summed E-state index contributed by atoms with van der Waals surface area (Å²) in [5.41, 5.74) is 11.2. The highest BCUT2D eigenvalue weighted by Crippen LogP contribution is 2.31. The van der Waals surface area contributed by atoms with Gasteiger partial charge < -0.3 is 15.8 Å². The van der Waals surface area contributed by atoms with E-state index in [0.717, 1.165) is 16.7 Å². The van der Waals surface area contributed by atoms with Crippen LogP contribution in [-0.2, 0) is 0 Å². The number of amides is 1. The summed E-state index contributed by atoms with van der Waals surface area (Å²) in [6, 6.07) is 16.8. The second kappa shape index (κ2) is 8.62. The van der Waals surface area contributed by atoms with E-state index in [4.69, 9.17) is 10.5 Å². The first kappa shape index (κ1) is 20.0. The van der Waals surface area contributed by atoms with E-state index in [9.17, 15) is 4.79 Å². The summed E-state index contributed by atoms with van der Waals surface area (Å²) >= 11 is 0. The molecule has 0 unspecified atom stereocenters. The summed E-state index contributed by atoms with van der Waals surface area (Å²) in [5, 5.41) is 2.91. The van der Waals surface area contributed by atoms with Crippen LogP contribution in [0.3, 0.4) is 0 Å². The molecule has 1 amide bonds. The van der Waals surface area contributed by atoms with Gasteiger partial charge in [0.1, 0.15) is 0 Å². The summed E-state index contributed by atoms with van der Waals surface area (Å²) in [6.07, 6.45) is 4.94. The zero-order valence-electron chi connectivity index (χ0n) is 17.2. The van der Waals surface area contributed by atoms with Crippen LogP contribution in [0.25, 0.3) is 22.4 Å². The number of nitrogens with one attached hydrogen (secondary N) is 1. The van der Waals surface area contributed by atoms with Gasteiger partial charge in [0.2, 0.25) is 5.88 Å². The van der Waals surface area contributed by atoms with Crippen LogP contribution in [0.5, 0.6) is 5.88 Å². The largest absolute Gasteiger partial charge is 0.481 e. The molecule has 3 heterocycles. The highest BCUT2D eigenvalue weighted by atomic mass is 16.5. The summed E-state index contributed by atoms with van der Waals surface area (Å²) in [6.45, 7) is 2.02. The molecule has 0 aliphatic heterocycles. The molecule has 0 aliphatic rings.